The monoisotopic (exact) mass is 315 g/mol. The van der Waals surface area contributed by atoms with Crippen molar-refractivity contribution in [2.24, 2.45) is 0 Å². The third-order valence-corrected chi connectivity index (χ3v) is 4.09. The summed E-state index contributed by atoms with van der Waals surface area (Å²) in [5, 5.41) is 2.29. The Kier molecular flexibility index (Phi) is 5.28. The summed E-state index contributed by atoms with van der Waals surface area (Å²) in [5.41, 5.74) is -0.353. The Morgan fingerprint density at radius 2 is 1.82 bits per heavy atom. The second-order valence-corrected chi connectivity index (χ2v) is 5.43. The van der Waals surface area contributed by atoms with Crippen LogP contribution in [-0.4, -0.2) is 48.1 Å². The summed E-state index contributed by atoms with van der Waals surface area (Å²) in [5.74, 6) is -4.25. The fourth-order valence-corrected chi connectivity index (χ4v) is 2.44. The number of rotatable bonds is 3. The lowest BCUT2D eigenvalue weighted by Gasteiger charge is -2.37. The van der Waals surface area contributed by atoms with Crippen LogP contribution in [0.15, 0.2) is 12.1 Å². The van der Waals surface area contributed by atoms with Crippen molar-refractivity contribution < 1.29 is 18.0 Å². The van der Waals surface area contributed by atoms with E-state index in [4.69, 9.17) is 0 Å². The first kappa shape index (κ1) is 16.6. The van der Waals surface area contributed by atoms with E-state index in [1.807, 2.05) is 0 Å². The van der Waals surface area contributed by atoms with E-state index in [-0.39, 0.29) is 5.69 Å². The maximum atomic E-state index is 13.5. The first-order valence-electron chi connectivity index (χ1n) is 7.37. The second kappa shape index (κ2) is 7.00. The first-order chi connectivity index (χ1) is 10.4. The lowest BCUT2D eigenvalue weighted by Crippen LogP contribution is -2.52. The van der Waals surface area contributed by atoms with Crippen molar-refractivity contribution in [3.05, 3.63) is 29.6 Å². The van der Waals surface area contributed by atoms with Gasteiger partial charge in [0.05, 0.1) is 5.69 Å². The summed E-state index contributed by atoms with van der Waals surface area (Å²) in [6.45, 7) is 6.75. The minimum atomic E-state index is -1.58. The molecule has 1 aliphatic rings. The van der Waals surface area contributed by atoms with E-state index in [1.54, 1.807) is 4.90 Å². The molecule has 0 aromatic heterocycles. The van der Waals surface area contributed by atoms with E-state index >= 15 is 0 Å². The normalized spacial score (nSPS) is 17.4. The number of anilines is 1. The molecule has 7 heteroatoms. The number of nitrogens with one attached hydrogen (secondary N) is 1. The largest absolute Gasteiger partial charge is 0.322 e. The van der Waals surface area contributed by atoms with E-state index in [2.05, 4.69) is 24.1 Å². The molecule has 122 valence electrons. The molecule has 4 nitrogen and oxygen atoms in total. The quantitative estimate of drug-likeness (QED) is 0.870. The number of hydrogen-bond acceptors (Lipinski definition) is 2. The smallest absolute Gasteiger partial charge is 0.322 e. The van der Waals surface area contributed by atoms with Gasteiger partial charge in [0.1, 0.15) is 0 Å². The zero-order valence-corrected chi connectivity index (χ0v) is 12.7. The van der Waals surface area contributed by atoms with Gasteiger partial charge in [-0.3, -0.25) is 4.90 Å². The van der Waals surface area contributed by atoms with Crippen LogP contribution in [0.25, 0.3) is 0 Å². The summed E-state index contributed by atoms with van der Waals surface area (Å²) in [6.07, 6.45) is 1.03. The molecular formula is C15H20F3N3O. The molecule has 22 heavy (non-hydrogen) atoms. The lowest BCUT2D eigenvalue weighted by molar-refractivity contribution is 0.117. The zero-order valence-electron chi connectivity index (χ0n) is 12.7. The first-order valence-corrected chi connectivity index (χ1v) is 7.37. The number of carbonyl (C=O) groups is 1. The fraction of sp³-hybridized carbons (Fsp3) is 0.533. The highest BCUT2D eigenvalue weighted by atomic mass is 19.2. The highest BCUT2D eigenvalue weighted by Crippen LogP contribution is 2.20. The number of nitrogens with zero attached hydrogens (tertiary/aromatic N) is 2. The van der Waals surface area contributed by atoms with Gasteiger partial charge in [-0.15, -0.1) is 0 Å². The molecule has 0 bridgehead atoms. The van der Waals surface area contributed by atoms with Crippen molar-refractivity contribution >= 4 is 11.7 Å². The number of benzene rings is 1. The molecule has 1 aliphatic heterocycles. The van der Waals surface area contributed by atoms with Gasteiger partial charge >= 0.3 is 6.03 Å². The van der Waals surface area contributed by atoms with Gasteiger partial charge in [0.25, 0.3) is 0 Å². The number of carbonyl (C=O) groups excluding carboxylic acids is 1. The molecule has 1 N–H and O–H groups in total. The molecular weight excluding hydrogens is 295 g/mol. The standard InChI is InChI=1S/C15H20F3N3O/c1-3-10(2)20-6-8-21(9-7-20)15(22)19-12-5-4-11(16)13(17)14(12)18/h4-5,10H,3,6-9H2,1-2H3,(H,19,22). The maximum absolute atomic E-state index is 13.5. The zero-order chi connectivity index (χ0) is 16.3. The van der Waals surface area contributed by atoms with Gasteiger partial charge in [0.2, 0.25) is 0 Å². The van der Waals surface area contributed by atoms with Crippen LogP contribution in [0.5, 0.6) is 0 Å². The topological polar surface area (TPSA) is 35.6 Å². The molecule has 1 aromatic carbocycles. The van der Waals surface area contributed by atoms with Crippen LogP contribution in [0.2, 0.25) is 0 Å². The molecule has 1 heterocycles. The predicted octanol–water partition coefficient (Wildman–Crippen LogP) is 3.05. The molecule has 1 fully saturated rings. The molecule has 1 saturated heterocycles. The number of amides is 2. The number of urea groups is 1. The van der Waals surface area contributed by atoms with E-state index in [1.165, 1.54) is 0 Å². The third-order valence-electron chi connectivity index (χ3n) is 4.09. The Morgan fingerprint density at radius 1 is 1.18 bits per heavy atom. The van der Waals surface area contributed by atoms with Gasteiger partial charge < -0.3 is 10.2 Å². The molecule has 0 aliphatic carbocycles. The Labute approximate surface area is 127 Å². The molecule has 0 saturated carbocycles. The maximum Gasteiger partial charge on any atom is 0.322 e. The van der Waals surface area contributed by atoms with Crippen molar-refractivity contribution in [3.63, 3.8) is 0 Å². The molecule has 1 unspecified atom stereocenters. The van der Waals surface area contributed by atoms with Crippen LogP contribution in [-0.2, 0) is 0 Å². The average Bonchev–Trinajstić information content (AvgIpc) is 2.54. The van der Waals surface area contributed by atoms with E-state index in [0.717, 1.165) is 31.6 Å². The second-order valence-electron chi connectivity index (χ2n) is 5.43. The SMILES string of the molecule is CCC(C)N1CCN(C(=O)Nc2ccc(F)c(F)c2F)CC1. The summed E-state index contributed by atoms with van der Waals surface area (Å²) in [7, 11) is 0. The molecule has 0 spiro atoms. The minimum Gasteiger partial charge on any atom is -0.322 e. The average molecular weight is 315 g/mol. The molecule has 1 atom stereocenters. The fourth-order valence-electron chi connectivity index (χ4n) is 2.44. The Bertz CT molecular complexity index is 545. The number of piperazine rings is 1. The van der Waals surface area contributed by atoms with Gasteiger partial charge in [0.15, 0.2) is 17.5 Å². The van der Waals surface area contributed by atoms with Crippen molar-refractivity contribution in [3.8, 4) is 0 Å². The lowest BCUT2D eigenvalue weighted by atomic mass is 10.2. The Hall–Kier alpha value is -1.76. The van der Waals surface area contributed by atoms with Crippen LogP contribution >= 0.6 is 0 Å². The van der Waals surface area contributed by atoms with Crippen molar-refractivity contribution in [1.82, 2.24) is 9.80 Å². The van der Waals surface area contributed by atoms with E-state index in [9.17, 15) is 18.0 Å². The van der Waals surface area contributed by atoms with E-state index < -0.39 is 23.5 Å². The highest BCUT2D eigenvalue weighted by molar-refractivity contribution is 5.89. The number of halogens is 3. The van der Waals surface area contributed by atoms with Gasteiger partial charge in [0, 0.05) is 32.2 Å². The molecule has 0 radical (unpaired) electrons. The third kappa shape index (κ3) is 3.52. The summed E-state index contributed by atoms with van der Waals surface area (Å²) >= 11 is 0. The van der Waals surface area contributed by atoms with E-state index in [0.29, 0.717) is 19.1 Å². The molecule has 2 rings (SSSR count). The predicted molar refractivity (Wildman–Crippen MR) is 78.2 cm³/mol. The highest BCUT2D eigenvalue weighted by Gasteiger charge is 2.24. The van der Waals surface area contributed by atoms with Gasteiger partial charge in [-0.25, -0.2) is 18.0 Å². The minimum absolute atomic E-state index is 0.353. The van der Waals surface area contributed by atoms with Crippen LogP contribution in [0.1, 0.15) is 20.3 Å². The Morgan fingerprint density at radius 3 is 2.41 bits per heavy atom. The van der Waals surface area contributed by atoms with Crippen molar-refractivity contribution in [2.75, 3.05) is 31.5 Å². The summed E-state index contributed by atoms with van der Waals surface area (Å²) in [4.78, 5) is 15.9. The van der Waals surface area contributed by atoms with Gasteiger partial charge in [-0.1, -0.05) is 6.92 Å². The van der Waals surface area contributed by atoms with Crippen LogP contribution in [0.4, 0.5) is 23.7 Å². The summed E-state index contributed by atoms with van der Waals surface area (Å²) < 4.78 is 39.5. The number of hydrogen-bond donors (Lipinski definition) is 1. The van der Waals surface area contributed by atoms with Gasteiger partial charge in [-0.2, -0.15) is 0 Å². The van der Waals surface area contributed by atoms with Gasteiger partial charge in [-0.05, 0) is 25.5 Å². The van der Waals surface area contributed by atoms with Crippen molar-refractivity contribution in [2.45, 2.75) is 26.3 Å². The molecule has 2 amide bonds. The molecule has 1 aromatic rings. The van der Waals surface area contributed by atoms with Crippen molar-refractivity contribution in [1.29, 1.82) is 0 Å². The Balaban J connectivity index is 1.95. The summed E-state index contributed by atoms with van der Waals surface area (Å²) in [6, 6.07) is 1.75. The van der Waals surface area contributed by atoms with Crippen LogP contribution < -0.4 is 5.32 Å². The van der Waals surface area contributed by atoms with Crippen LogP contribution in [0, 0.1) is 17.5 Å². The van der Waals surface area contributed by atoms with Crippen LogP contribution in [0.3, 0.4) is 0 Å².